The van der Waals surface area contributed by atoms with Crippen molar-refractivity contribution < 1.29 is 4.74 Å². The zero-order chi connectivity index (χ0) is 17.9. The smallest absolute Gasteiger partial charge is 0.168 e. The van der Waals surface area contributed by atoms with E-state index in [1.165, 1.54) is 5.56 Å². The van der Waals surface area contributed by atoms with Crippen LogP contribution in [-0.4, -0.2) is 26.9 Å². The van der Waals surface area contributed by atoms with Crippen molar-refractivity contribution in [2.75, 3.05) is 7.11 Å². The maximum atomic E-state index is 5.28. The van der Waals surface area contributed by atoms with Crippen LogP contribution in [0.25, 0.3) is 28.5 Å². The number of aryl methyl sites for hydroxylation is 1. The topological polar surface area (TPSA) is 52.8 Å². The highest BCUT2D eigenvalue weighted by atomic mass is 16.5. The minimum Gasteiger partial charge on any atom is -0.497 e. The normalized spacial score (nSPS) is 10.7. The fourth-order valence-corrected chi connectivity index (χ4v) is 2.84. The summed E-state index contributed by atoms with van der Waals surface area (Å²) >= 11 is 0. The maximum Gasteiger partial charge on any atom is 0.168 e. The second-order valence-corrected chi connectivity index (χ2v) is 5.98. The maximum absolute atomic E-state index is 5.28. The molecule has 0 unspecified atom stereocenters. The van der Waals surface area contributed by atoms with Gasteiger partial charge < -0.3 is 4.74 Å². The molecule has 0 atom stereocenters. The van der Waals surface area contributed by atoms with E-state index >= 15 is 0 Å². The molecule has 0 aliphatic heterocycles. The lowest BCUT2D eigenvalue weighted by molar-refractivity contribution is 0.415. The van der Waals surface area contributed by atoms with Crippen molar-refractivity contribution in [1.29, 1.82) is 0 Å². The summed E-state index contributed by atoms with van der Waals surface area (Å²) in [5, 5.41) is 8.93. The summed E-state index contributed by atoms with van der Waals surface area (Å²) in [4.78, 5) is 4.10. The molecular formula is C21H18N4O. The minimum atomic E-state index is 0.771. The van der Waals surface area contributed by atoms with Gasteiger partial charge in [-0.3, -0.25) is 9.55 Å². The molecule has 0 aliphatic carbocycles. The summed E-state index contributed by atoms with van der Waals surface area (Å²) in [7, 11) is 1.66. The third kappa shape index (κ3) is 2.95. The molecule has 5 nitrogen and oxygen atoms in total. The van der Waals surface area contributed by atoms with Gasteiger partial charge in [0.15, 0.2) is 11.6 Å². The molecule has 5 heteroatoms. The summed E-state index contributed by atoms with van der Waals surface area (Å²) in [6, 6.07) is 20.0. The lowest BCUT2D eigenvalue weighted by Gasteiger charge is -2.11. The molecule has 2 heterocycles. The van der Waals surface area contributed by atoms with E-state index in [1.54, 1.807) is 19.5 Å². The summed E-state index contributed by atoms with van der Waals surface area (Å²) in [6.45, 7) is 2.07. The molecule has 0 spiro atoms. The van der Waals surface area contributed by atoms with Gasteiger partial charge >= 0.3 is 0 Å². The van der Waals surface area contributed by atoms with Crippen molar-refractivity contribution in [2.45, 2.75) is 6.92 Å². The van der Waals surface area contributed by atoms with E-state index < -0.39 is 0 Å². The predicted molar refractivity (Wildman–Crippen MR) is 101 cm³/mol. The predicted octanol–water partition coefficient (Wildman–Crippen LogP) is 4.31. The lowest BCUT2D eigenvalue weighted by Crippen LogP contribution is -2.00. The summed E-state index contributed by atoms with van der Waals surface area (Å²) in [5.41, 5.74) is 4.15. The Morgan fingerprint density at radius 1 is 0.731 bits per heavy atom. The molecule has 0 aliphatic rings. The zero-order valence-electron chi connectivity index (χ0n) is 14.6. The Bertz CT molecular complexity index is 1010. The first kappa shape index (κ1) is 16.0. The van der Waals surface area contributed by atoms with Crippen LogP contribution < -0.4 is 4.74 Å². The molecule has 128 valence electrons. The number of nitrogens with zero attached hydrogens (tertiary/aromatic N) is 4. The lowest BCUT2D eigenvalue weighted by atomic mass is 10.1. The van der Waals surface area contributed by atoms with Crippen molar-refractivity contribution in [1.82, 2.24) is 19.7 Å². The number of pyridine rings is 1. The third-order valence-electron chi connectivity index (χ3n) is 4.24. The van der Waals surface area contributed by atoms with Gasteiger partial charge in [-0.15, -0.1) is 10.2 Å². The van der Waals surface area contributed by atoms with Crippen LogP contribution in [0.5, 0.6) is 5.75 Å². The van der Waals surface area contributed by atoms with Crippen LogP contribution >= 0.6 is 0 Å². The number of rotatable bonds is 4. The van der Waals surface area contributed by atoms with Crippen LogP contribution in [0, 0.1) is 6.92 Å². The van der Waals surface area contributed by atoms with E-state index in [4.69, 9.17) is 4.74 Å². The first-order valence-corrected chi connectivity index (χ1v) is 8.33. The van der Waals surface area contributed by atoms with Crippen molar-refractivity contribution in [3.63, 3.8) is 0 Å². The molecule has 2 aromatic heterocycles. The Hall–Kier alpha value is -3.47. The third-order valence-corrected chi connectivity index (χ3v) is 4.24. The van der Waals surface area contributed by atoms with Gasteiger partial charge in [0, 0.05) is 29.2 Å². The second kappa shape index (κ2) is 6.80. The van der Waals surface area contributed by atoms with Crippen LogP contribution in [0.1, 0.15) is 5.56 Å². The molecule has 0 radical (unpaired) electrons. The second-order valence-electron chi connectivity index (χ2n) is 5.98. The summed E-state index contributed by atoms with van der Waals surface area (Å²) < 4.78 is 7.34. The van der Waals surface area contributed by atoms with Crippen LogP contribution in [0.2, 0.25) is 0 Å². The molecule has 0 fully saturated rings. The van der Waals surface area contributed by atoms with E-state index in [9.17, 15) is 0 Å². The van der Waals surface area contributed by atoms with Gasteiger partial charge in [-0.2, -0.15) is 0 Å². The monoisotopic (exact) mass is 342 g/mol. The van der Waals surface area contributed by atoms with Gasteiger partial charge in [0.05, 0.1) is 7.11 Å². The number of hydrogen-bond donors (Lipinski definition) is 0. The van der Waals surface area contributed by atoms with E-state index in [-0.39, 0.29) is 0 Å². The molecular weight excluding hydrogens is 324 g/mol. The highest BCUT2D eigenvalue weighted by Crippen LogP contribution is 2.29. The van der Waals surface area contributed by atoms with Gasteiger partial charge in [0.2, 0.25) is 0 Å². The Balaban J connectivity index is 1.92. The van der Waals surface area contributed by atoms with Crippen molar-refractivity contribution >= 4 is 0 Å². The van der Waals surface area contributed by atoms with Crippen molar-refractivity contribution in [3.05, 3.63) is 78.6 Å². The van der Waals surface area contributed by atoms with Crippen LogP contribution in [0.3, 0.4) is 0 Å². The fourth-order valence-electron chi connectivity index (χ4n) is 2.84. The van der Waals surface area contributed by atoms with Gasteiger partial charge in [-0.1, -0.05) is 29.8 Å². The first-order valence-electron chi connectivity index (χ1n) is 8.33. The van der Waals surface area contributed by atoms with E-state index in [0.29, 0.717) is 0 Å². The van der Waals surface area contributed by atoms with E-state index in [1.807, 2.05) is 36.4 Å². The Morgan fingerprint density at radius 2 is 1.31 bits per heavy atom. The SMILES string of the molecule is COc1ccc(-n2c(-c3ccncc3)nnc2-c2ccc(C)cc2)cc1. The molecule has 2 aromatic carbocycles. The summed E-state index contributed by atoms with van der Waals surface area (Å²) in [6.07, 6.45) is 3.52. The first-order chi connectivity index (χ1) is 12.8. The molecule has 0 saturated carbocycles. The Kier molecular flexibility index (Phi) is 4.19. The van der Waals surface area contributed by atoms with Gasteiger partial charge in [-0.25, -0.2) is 0 Å². The van der Waals surface area contributed by atoms with Gasteiger partial charge in [-0.05, 0) is 43.3 Å². The molecule has 0 amide bonds. The minimum absolute atomic E-state index is 0.771. The molecule has 0 saturated heterocycles. The highest BCUT2D eigenvalue weighted by Gasteiger charge is 2.17. The highest BCUT2D eigenvalue weighted by molar-refractivity contribution is 5.66. The molecule has 0 bridgehead atoms. The van der Waals surface area contributed by atoms with Crippen LogP contribution in [-0.2, 0) is 0 Å². The Labute approximate surface area is 151 Å². The standard InChI is InChI=1S/C21H18N4O/c1-15-3-5-16(6-4-15)20-23-24-21(17-11-13-22-14-12-17)25(20)18-7-9-19(26-2)10-8-18/h3-14H,1-2H3. The molecule has 4 rings (SSSR count). The van der Waals surface area contributed by atoms with Crippen LogP contribution in [0.4, 0.5) is 0 Å². The fraction of sp³-hybridized carbons (Fsp3) is 0.0952. The van der Waals surface area contributed by atoms with Crippen molar-refractivity contribution in [3.8, 4) is 34.2 Å². The van der Waals surface area contributed by atoms with E-state index in [0.717, 1.165) is 34.2 Å². The number of hydrogen-bond acceptors (Lipinski definition) is 4. The molecule has 26 heavy (non-hydrogen) atoms. The number of ether oxygens (including phenoxy) is 1. The van der Waals surface area contributed by atoms with Gasteiger partial charge in [0.1, 0.15) is 5.75 Å². The summed E-state index contributed by atoms with van der Waals surface area (Å²) in [5.74, 6) is 2.37. The Morgan fingerprint density at radius 3 is 1.88 bits per heavy atom. The largest absolute Gasteiger partial charge is 0.497 e. The zero-order valence-corrected chi connectivity index (χ0v) is 14.6. The number of benzene rings is 2. The quantitative estimate of drug-likeness (QED) is 0.554. The average Bonchev–Trinajstić information content (AvgIpc) is 3.14. The number of aromatic nitrogens is 4. The van der Waals surface area contributed by atoms with Gasteiger partial charge in [0.25, 0.3) is 0 Å². The molecule has 0 N–H and O–H groups in total. The molecule has 4 aromatic rings. The van der Waals surface area contributed by atoms with Crippen LogP contribution in [0.15, 0.2) is 73.1 Å². The van der Waals surface area contributed by atoms with E-state index in [2.05, 4.69) is 50.9 Å². The number of methoxy groups -OCH3 is 1. The van der Waals surface area contributed by atoms with Crippen molar-refractivity contribution in [2.24, 2.45) is 0 Å². The average molecular weight is 342 g/mol.